The minimum Gasteiger partial charge on any atom is -0.198 e. The van der Waals surface area contributed by atoms with E-state index in [9.17, 15) is 0 Å². The molecule has 0 bridgehead atoms. The van der Waals surface area contributed by atoms with E-state index in [1.54, 1.807) is 6.08 Å². The highest BCUT2D eigenvalue weighted by Crippen LogP contribution is 1.93. The van der Waals surface area contributed by atoms with Crippen molar-refractivity contribution in [1.82, 2.24) is 0 Å². The Morgan fingerprint density at radius 2 is 2.38 bits per heavy atom. The maximum atomic E-state index is 8.08. The van der Waals surface area contributed by atoms with Gasteiger partial charge in [0.05, 0.1) is 6.07 Å². The Morgan fingerprint density at radius 3 is 2.88 bits per heavy atom. The van der Waals surface area contributed by atoms with Crippen LogP contribution in [0.1, 0.15) is 19.3 Å². The average Bonchev–Trinajstić information content (AvgIpc) is 1.81. The molecule has 1 nitrogen and oxygen atoms in total. The number of allylic oxidation sites excluding steroid dienone is 2. The van der Waals surface area contributed by atoms with Crippen molar-refractivity contribution < 1.29 is 0 Å². The van der Waals surface area contributed by atoms with Crippen LogP contribution >= 0.6 is 0 Å². The van der Waals surface area contributed by atoms with Gasteiger partial charge in [-0.2, -0.15) is 5.26 Å². The second kappa shape index (κ2) is 6.23. The van der Waals surface area contributed by atoms with Crippen LogP contribution in [0.15, 0.2) is 12.2 Å². The maximum Gasteiger partial charge on any atom is 0.0621 e. The van der Waals surface area contributed by atoms with Gasteiger partial charge in [-0.25, -0.2) is 0 Å². The summed E-state index contributed by atoms with van der Waals surface area (Å²) < 4.78 is 0. The minimum atomic E-state index is 0.657. The van der Waals surface area contributed by atoms with Crippen molar-refractivity contribution in [3.8, 4) is 6.07 Å². The largest absolute Gasteiger partial charge is 0.198 e. The summed E-state index contributed by atoms with van der Waals surface area (Å²) in [7, 11) is 0. The first-order valence-corrected chi connectivity index (χ1v) is 2.73. The summed E-state index contributed by atoms with van der Waals surface area (Å²) in [5, 5.41) is 8.08. The van der Waals surface area contributed by atoms with E-state index in [-0.39, 0.29) is 0 Å². The van der Waals surface area contributed by atoms with Crippen molar-refractivity contribution in [3.63, 3.8) is 0 Å². The molecule has 0 aliphatic rings. The maximum absolute atomic E-state index is 8.08. The second-order valence-electron chi connectivity index (χ2n) is 1.52. The van der Waals surface area contributed by atoms with Gasteiger partial charge in [-0.1, -0.05) is 12.2 Å². The molecule has 43 valence electrons. The normalized spacial score (nSPS) is 9.50. The van der Waals surface area contributed by atoms with Gasteiger partial charge in [0.15, 0.2) is 0 Å². The lowest BCUT2D eigenvalue weighted by Gasteiger charge is -1.82. The molecule has 8 heavy (non-hydrogen) atoms. The Hall–Kier alpha value is -0.770. The van der Waals surface area contributed by atoms with Gasteiger partial charge < -0.3 is 0 Å². The SMILES string of the molecule is [CH2]C=CCCCC#N. The molecule has 0 N–H and O–H groups in total. The zero-order valence-electron chi connectivity index (χ0n) is 4.93. The molecule has 0 aliphatic heterocycles. The highest BCUT2D eigenvalue weighted by atomic mass is 14.2. The van der Waals surface area contributed by atoms with Crippen molar-refractivity contribution in [3.05, 3.63) is 19.1 Å². The van der Waals surface area contributed by atoms with Crippen molar-refractivity contribution in [2.45, 2.75) is 19.3 Å². The smallest absolute Gasteiger partial charge is 0.0621 e. The molecule has 0 rings (SSSR count). The fourth-order valence-corrected chi connectivity index (χ4v) is 0.417. The monoisotopic (exact) mass is 108 g/mol. The van der Waals surface area contributed by atoms with Gasteiger partial charge in [-0.3, -0.25) is 0 Å². The van der Waals surface area contributed by atoms with E-state index in [4.69, 9.17) is 5.26 Å². The third-order valence-corrected chi connectivity index (χ3v) is 0.826. The summed E-state index contributed by atoms with van der Waals surface area (Å²) in [5.41, 5.74) is 0. The molecule has 0 atom stereocenters. The van der Waals surface area contributed by atoms with E-state index >= 15 is 0 Å². The molecule has 0 aromatic heterocycles. The van der Waals surface area contributed by atoms with Crippen LogP contribution in [0.25, 0.3) is 0 Å². The number of hydrogen-bond donors (Lipinski definition) is 0. The molecule has 0 unspecified atom stereocenters. The Morgan fingerprint density at radius 1 is 1.62 bits per heavy atom. The molecular weight excluding hydrogens is 98.1 g/mol. The lowest BCUT2D eigenvalue weighted by molar-refractivity contribution is 0.876. The Bertz CT molecular complexity index is 97.4. The number of rotatable bonds is 3. The summed E-state index contributed by atoms with van der Waals surface area (Å²) in [6, 6.07) is 2.07. The Kier molecular flexibility index (Phi) is 5.63. The zero-order chi connectivity index (χ0) is 6.24. The van der Waals surface area contributed by atoms with Gasteiger partial charge in [0.25, 0.3) is 0 Å². The Labute approximate surface area is 50.6 Å². The van der Waals surface area contributed by atoms with Crippen molar-refractivity contribution >= 4 is 0 Å². The number of nitriles is 1. The molecule has 1 heteroatoms. The van der Waals surface area contributed by atoms with E-state index in [1.165, 1.54) is 0 Å². The fourth-order valence-electron chi connectivity index (χ4n) is 0.417. The highest BCUT2D eigenvalue weighted by Gasteiger charge is 1.77. The van der Waals surface area contributed by atoms with Gasteiger partial charge in [-0.15, -0.1) is 0 Å². The lowest BCUT2D eigenvalue weighted by Crippen LogP contribution is -1.66. The molecule has 0 aromatic carbocycles. The van der Waals surface area contributed by atoms with E-state index in [2.05, 4.69) is 13.0 Å². The molecule has 0 saturated carbocycles. The zero-order valence-corrected chi connectivity index (χ0v) is 4.93. The van der Waals surface area contributed by atoms with E-state index in [0.29, 0.717) is 6.42 Å². The molecule has 1 radical (unpaired) electrons. The molecule has 0 aliphatic carbocycles. The number of unbranched alkanes of at least 4 members (excludes halogenated alkanes) is 2. The number of nitrogens with zero attached hydrogens (tertiary/aromatic N) is 1. The van der Waals surface area contributed by atoms with Gasteiger partial charge in [0, 0.05) is 6.42 Å². The van der Waals surface area contributed by atoms with Gasteiger partial charge in [0.1, 0.15) is 0 Å². The summed E-state index contributed by atoms with van der Waals surface area (Å²) in [6.45, 7) is 3.52. The van der Waals surface area contributed by atoms with Crippen LogP contribution in [0.4, 0.5) is 0 Å². The highest BCUT2D eigenvalue weighted by molar-refractivity contribution is 4.84. The number of hydrogen-bond acceptors (Lipinski definition) is 1. The van der Waals surface area contributed by atoms with Crippen LogP contribution in [-0.2, 0) is 0 Å². The summed E-state index contributed by atoms with van der Waals surface area (Å²) in [5.74, 6) is 0. The predicted molar refractivity (Wildman–Crippen MR) is 34.0 cm³/mol. The van der Waals surface area contributed by atoms with Crippen LogP contribution in [-0.4, -0.2) is 0 Å². The topological polar surface area (TPSA) is 23.8 Å². The second-order valence-corrected chi connectivity index (χ2v) is 1.52. The first kappa shape index (κ1) is 7.23. The average molecular weight is 108 g/mol. The molecule has 0 amide bonds. The third-order valence-electron chi connectivity index (χ3n) is 0.826. The summed E-state index contributed by atoms with van der Waals surface area (Å²) in [6.07, 6.45) is 6.33. The molecular formula is C7H10N. The van der Waals surface area contributed by atoms with Crippen LogP contribution < -0.4 is 0 Å². The fraction of sp³-hybridized carbons (Fsp3) is 0.429. The van der Waals surface area contributed by atoms with E-state index < -0.39 is 0 Å². The molecule has 0 saturated heterocycles. The quantitative estimate of drug-likeness (QED) is 0.508. The first-order valence-electron chi connectivity index (χ1n) is 2.73. The van der Waals surface area contributed by atoms with Gasteiger partial charge in [0.2, 0.25) is 0 Å². The van der Waals surface area contributed by atoms with E-state index in [1.807, 2.05) is 6.08 Å². The van der Waals surface area contributed by atoms with Gasteiger partial charge in [-0.05, 0) is 19.8 Å². The van der Waals surface area contributed by atoms with Crippen molar-refractivity contribution in [1.29, 1.82) is 5.26 Å². The van der Waals surface area contributed by atoms with Gasteiger partial charge >= 0.3 is 0 Å². The lowest BCUT2D eigenvalue weighted by atomic mass is 10.2. The van der Waals surface area contributed by atoms with Crippen LogP contribution in [0, 0.1) is 18.3 Å². The third kappa shape index (κ3) is 5.23. The first-order chi connectivity index (χ1) is 3.91. The summed E-state index contributed by atoms with van der Waals surface area (Å²) >= 11 is 0. The minimum absolute atomic E-state index is 0.657. The summed E-state index contributed by atoms with van der Waals surface area (Å²) in [4.78, 5) is 0. The van der Waals surface area contributed by atoms with Crippen molar-refractivity contribution in [2.24, 2.45) is 0 Å². The van der Waals surface area contributed by atoms with Crippen LogP contribution in [0.2, 0.25) is 0 Å². The molecule has 0 aromatic rings. The van der Waals surface area contributed by atoms with Crippen molar-refractivity contribution in [2.75, 3.05) is 0 Å². The predicted octanol–water partition coefficient (Wildman–Crippen LogP) is 2.07. The van der Waals surface area contributed by atoms with Crippen LogP contribution in [0.5, 0.6) is 0 Å². The Balaban J connectivity index is 2.85. The molecule has 0 spiro atoms. The standard InChI is InChI=1S/C7H10N/c1-2-3-4-5-6-7-8/h2-3H,1,4-6H2. The molecule has 0 fully saturated rings. The van der Waals surface area contributed by atoms with Crippen LogP contribution in [0.3, 0.4) is 0 Å². The molecule has 0 heterocycles. The van der Waals surface area contributed by atoms with E-state index in [0.717, 1.165) is 12.8 Å².